The van der Waals surface area contributed by atoms with Gasteiger partial charge in [0.25, 0.3) is 5.92 Å². The number of halogens is 13. The molecule has 0 saturated heterocycles. The zero-order chi connectivity index (χ0) is 21.3. The highest BCUT2D eigenvalue weighted by molar-refractivity contribution is 4.86. The summed E-state index contributed by atoms with van der Waals surface area (Å²) in [5.74, 6) is -8.79. The van der Waals surface area contributed by atoms with E-state index in [1.165, 1.54) is 0 Å². The predicted molar refractivity (Wildman–Crippen MR) is 97.9 cm³/mol. The Labute approximate surface area is 177 Å². The van der Waals surface area contributed by atoms with Crippen molar-refractivity contribution in [3.8, 4) is 0 Å². The maximum atomic E-state index is 12.8. The summed E-state index contributed by atoms with van der Waals surface area (Å²) in [6, 6.07) is 0. The first-order valence-electron chi connectivity index (χ1n) is 5.54. The quantitative estimate of drug-likeness (QED) is 0.345. The standard InChI is InChI=1S/C6H5F9O2.C3H5F3.CH3F.6CH4/c1-16-4(10,5(11,12)13)6(14,15)17-2-3(7,8)9;1-3(5,6)2-4;1-2;;;;;;/h2H2,1H3;2H2,1H3;1H3;6*1H4. The van der Waals surface area contributed by atoms with Gasteiger partial charge < -0.3 is 9.47 Å². The minimum atomic E-state index is -6.27. The SMILES string of the molecule is C.C.C.C.C.C.CC(F)(F)CF.CF.COC(F)(C(F)(F)F)C(F)(F)OCC(F)(F)F. The lowest BCUT2D eigenvalue weighted by molar-refractivity contribution is -0.460. The topological polar surface area (TPSA) is 18.5 Å². The zero-order valence-corrected chi connectivity index (χ0v) is 12.6. The predicted octanol–water partition coefficient (Wildman–Crippen LogP) is 9.05. The van der Waals surface area contributed by atoms with E-state index < -0.39 is 43.5 Å². The van der Waals surface area contributed by atoms with Crippen LogP contribution in [0.25, 0.3) is 0 Å². The Morgan fingerprint density at radius 1 is 0.645 bits per heavy atom. The summed E-state index contributed by atoms with van der Waals surface area (Å²) in [6.45, 7) is -3.79. The highest BCUT2D eigenvalue weighted by atomic mass is 19.4. The molecule has 0 rings (SSSR count). The van der Waals surface area contributed by atoms with Gasteiger partial charge in [-0.3, -0.25) is 4.39 Å². The average molecular weight is 508 g/mol. The van der Waals surface area contributed by atoms with Gasteiger partial charge in [-0.2, -0.15) is 39.5 Å². The molecule has 0 aliphatic carbocycles. The van der Waals surface area contributed by atoms with Crippen LogP contribution in [0.5, 0.6) is 0 Å². The molecule has 0 radical (unpaired) electrons. The molecule has 0 heterocycles. The van der Waals surface area contributed by atoms with Crippen molar-refractivity contribution in [1.82, 2.24) is 0 Å². The Kier molecular flexibility index (Phi) is 38.6. The molecule has 0 N–H and O–H groups in total. The van der Waals surface area contributed by atoms with E-state index in [0.29, 0.717) is 14.1 Å². The second-order valence-electron chi connectivity index (χ2n) is 3.92. The van der Waals surface area contributed by atoms with Crippen LogP contribution in [0.1, 0.15) is 51.5 Å². The number of hydrogen-bond acceptors (Lipinski definition) is 2. The van der Waals surface area contributed by atoms with Crippen LogP contribution in [-0.4, -0.2) is 57.8 Å². The van der Waals surface area contributed by atoms with Gasteiger partial charge in [0.1, 0.15) is 6.61 Å². The summed E-state index contributed by atoms with van der Waals surface area (Å²) < 4.78 is 156. The fourth-order valence-corrected chi connectivity index (χ4v) is 0.665. The highest BCUT2D eigenvalue weighted by Crippen LogP contribution is 2.46. The van der Waals surface area contributed by atoms with Crippen LogP contribution in [0.15, 0.2) is 0 Å². The first-order valence-corrected chi connectivity index (χ1v) is 5.54. The second kappa shape index (κ2) is 20.9. The van der Waals surface area contributed by atoms with Crippen LogP contribution >= 0.6 is 0 Å². The van der Waals surface area contributed by atoms with E-state index in [0.717, 1.165) is 0 Å². The molecule has 0 spiro atoms. The van der Waals surface area contributed by atoms with Crippen molar-refractivity contribution < 1.29 is 66.5 Å². The van der Waals surface area contributed by atoms with E-state index in [9.17, 15) is 57.1 Å². The lowest BCUT2D eigenvalue weighted by Crippen LogP contribution is -2.58. The van der Waals surface area contributed by atoms with Crippen LogP contribution < -0.4 is 0 Å². The summed E-state index contributed by atoms with van der Waals surface area (Å²) in [5.41, 5.74) is 0. The lowest BCUT2D eigenvalue weighted by Gasteiger charge is -2.32. The van der Waals surface area contributed by atoms with Crippen molar-refractivity contribution in [2.45, 2.75) is 81.7 Å². The molecule has 0 aromatic rings. The lowest BCUT2D eigenvalue weighted by atomic mass is 10.2. The molecule has 0 aliphatic heterocycles. The van der Waals surface area contributed by atoms with Gasteiger partial charge in [0.05, 0.1) is 7.18 Å². The molecule has 1 atom stereocenters. The summed E-state index contributed by atoms with van der Waals surface area (Å²) >= 11 is 0. The van der Waals surface area contributed by atoms with Gasteiger partial charge in [0, 0.05) is 14.0 Å². The molecule has 0 aliphatic rings. The molecular formula is C16H37F13O2. The summed E-state index contributed by atoms with van der Waals surface area (Å²) in [7, 11) is 0.415. The number of ether oxygens (including phenoxy) is 2. The van der Waals surface area contributed by atoms with E-state index in [-0.39, 0.29) is 51.7 Å². The van der Waals surface area contributed by atoms with Crippen LogP contribution in [-0.2, 0) is 9.47 Å². The smallest absolute Gasteiger partial charge is 0.335 e. The van der Waals surface area contributed by atoms with Crippen LogP contribution in [0.4, 0.5) is 57.1 Å². The monoisotopic (exact) mass is 508 g/mol. The first kappa shape index (κ1) is 57.2. The molecule has 2 nitrogen and oxygen atoms in total. The third-order valence-electron chi connectivity index (χ3n) is 1.67. The van der Waals surface area contributed by atoms with Gasteiger partial charge in [0.2, 0.25) is 0 Å². The Bertz CT molecular complexity index is 353. The van der Waals surface area contributed by atoms with Crippen molar-refractivity contribution in [2.24, 2.45) is 0 Å². The highest BCUT2D eigenvalue weighted by Gasteiger charge is 2.74. The van der Waals surface area contributed by atoms with E-state index in [1.54, 1.807) is 0 Å². The third kappa shape index (κ3) is 23.5. The Hall–Kier alpha value is -0.990. The van der Waals surface area contributed by atoms with Crippen LogP contribution in [0.2, 0.25) is 0 Å². The fourth-order valence-electron chi connectivity index (χ4n) is 0.665. The van der Waals surface area contributed by atoms with Gasteiger partial charge in [-0.1, -0.05) is 44.6 Å². The van der Waals surface area contributed by atoms with Crippen molar-refractivity contribution in [2.75, 3.05) is 27.6 Å². The number of rotatable bonds is 5. The van der Waals surface area contributed by atoms with Crippen molar-refractivity contribution in [3.05, 3.63) is 0 Å². The summed E-state index contributed by atoms with van der Waals surface area (Å²) in [4.78, 5) is 0. The molecule has 1 unspecified atom stereocenters. The Morgan fingerprint density at radius 3 is 1.03 bits per heavy atom. The van der Waals surface area contributed by atoms with Crippen LogP contribution in [0.3, 0.4) is 0 Å². The van der Waals surface area contributed by atoms with Crippen molar-refractivity contribution in [3.63, 3.8) is 0 Å². The first-order chi connectivity index (χ1) is 10.8. The molecule has 204 valence electrons. The Balaban J connectivity index is -0.0000000433. The van der Waals surface area contributed by atoms with E-state index in [4.69, 9.17) is 0 Å². The minimum Gasteiger partial charge on any atom is -0.335 e. The largest absolute Gasteiger partial charge is 0.457 e. The van der Waals surface area contributed by atoms with Gasteiger partial charge in [-0.05, 0) is 0 Å². The third-order valence-corrected chi connectivity index (χ3v) is 1.67. The molecule has 0 fully saturated rings. The minimum absolute atomic E-state index is 0. The van der Waals surface area contributed by atoms with E-state index >= 15 is 0 Å². The molecule has 0 aromatic heterocycles. The average Bonchev–Trinajstić information content (AvgIpc) is 2.44. The molecule has 0 aromatic carbocycles. The molecular weight excluding hydrogens is 471 g/mol. The Morgan fingerprint density at radius 2 is 0.903 bits per heavy atom. The molecule has 31 heavy (non-hydrogen) atoms. The maximum absolute atomic E-state index is 12.8. The van der Waals surface area contributed by atoms with Crippen LogP contribution in [0, 0.1) is 0 Å². The normalized spacial score (nSPS) is 12.4. The van der Waals surface area contributed by atoms with Crippen molar-refractivity contribution >= 4 is 0 Å². The fraction of sp³-hybridized carbons (Fsp3) is 1.00. The van der Waals surface area contributed by atoms with Gasteiger partial charge in [0.15, 0.2) is 6.67 Å². The zero-order valence-electron chi connectivity index (χ0n) is 12.6. The second-order valence-corrected chi connectivity index (χ2v) is 3.92. The van der Waals surface area contributed by atoms with Gasteiger partial charge in [-0.15, -0.1) is 0 Å². The van der Waals surface area contributed by atoms with E-state index in [1.807, 2.05) is 0 Å². The molecule has 0 bridgehead atoms. The molecule has 0 saturated carbocycles. The number of methoxy groups -OCH3 is 1. The number of hydrogen-bond donors (Lipinski definition) is 0. The number of alkyl halides is 13. The summed E-state index contributed by atoms with van der Waals surface area (Å²) in [6.07, 6.45) is -17.4. The summed E-state index contributed by atoms with van der Waals surface area (Å²) in [5, 5.41) is 0. The molecule has 15 heteroatoms. The van der Waals surface area contributed by atoms with Gasteiger partial charge in [-0.25, -0.2) is 13.2 Å². The maximum Gasteiger partial charge on any atom is 0.457 e. The molecule has 0 amide bonds. The van der Waals surface area contributed by atoms with Crippen molar-refractivity contribution in [1.29, 1.82) is 0 Å². The van der Waals surface area contributed by atoms with E-state index in [2.05, 4.69) is 9.47 Å². The van der Waals surface area contributed by atoms with Gasteiger partial charge >= 0.3 is 24.3 Å².